The first kappa shape index (κ1) is 22.2. The molecule has 0 heterocycles. The summed E-state index contributed by atoms with van der Waals surface area (Å²) in [4.78, 5) is 11.7. The van der Waals surface area contributed by atoms with Crippen LogP contribution in [0.4, 0.5) is 0 Å². The van der Waals surface area contributed by atoms with E-state index in [-0.39, 0.29) is 0 Å². The van der Waals surface area contributed by atoms with Crippen molar-refractivity contribution in [2.45, 2.75) is 41.2 Å². The van der Waals surface area contributed by atoms with Gasteiger partial charge in [0.2, 0.25) is 0 Å². The number of ether oxygens (including phenoxy) is 3. The molecule has 0 unspecified atom stereocenters. The van der Waals surface area contributed by atoms with Gasteiger partial charge in [-0.3, -0.25) is 0 Å². The van der Waals surface area contributed by atoms with Crippen LogP contribution in [0.25, 0.3) is 0 Å². The van der Waals surface area contributed by atoms with E-state index in [4.69, 9.17) is 14.2 Å². The van der Waals surface area contributed by atoms with Crippen molar-refractivity contribution in [3.63, 3.8) is 0 Å². The van der Waals surface area contributed by atoms with Crippen molar-refractivity contribution in [1.82, 2.24) is 0 Å². The summed E-state index contributed by atoms with van der Waals surface area (Å²) in [6, 6.07) is 13.6. The fraction of sp³-hybridized carbons (Fsp3) is 0.269. The number of benzene rings is 3. The summed E-state index contributed by atoms with van der Waals surface area (Å²) in [5, 5.41) is 9.60. The van der Waals surface area contributed by atoms with Crippen molar-refractivity contribution in [1.29, 1.82) is 0 Å². The first-order valence-corrected chi connectivity index (χ1v) is 10.1. The largest absolute Gasteiger partial charge is 0.496 e. The molecule has 31 heavy (non-hydrogen) atoms. The number of carboxylic acid groups (broad SMARTS) is 1. The molecule has 0 fully saturated rings. The third-order valence-corrected chi connectivity index (χ3v) is 5.74. The number of rotatable bonds is 7. The molecule has 0 saturated carbocycles. The average Bonchev–Trinajstić information content (AvgIpc) is 2.76. The van der Waals surface area contributed by atoms with Gasteiger partial charge >= 0.3 is 5.97 Å². The molecule has 3 aromatic carbocycles. The Balaban J connectivity index is 2.00. The fourth-order valence-corrected chi connectivity index (χ4v) is 3.64. The van der Waals surface area contributed by atoms with Gasteiger partial charge in [0.05, 0.1) is 12.7 Å². The quantitative estimate of drug-likeness (QED) is 0.485. The van der Waals surface area contributed by atoms with E-state index in [1.165, 1.54) is 0 Å². The summed E-state index contributed by atoms with van der Waals surface area (Å²) in [5.41, 5.74) is 5.23. The molecule has 5 heteroatoms. The Morgan fingerprint density at radius 1 is 0.839 bits per heavy atom. The first-order chi connectivity index (χ1) is 14.7. The van der Waals surface area contributed by atoms with E-state index in [0.717, 1.165) is 22.3 Å². The van der Waals surface area contributed by atoms with Crippen LogP contribution in [-0.2, 0) is 6.61 Å². The van der Waals surface area contributed by atoms with Gasteiger partial charge in [0.15, 0.2) is 0 Å². The smallest absolute Gasteiger partial charge is 0.336 e. The van der Waals surface area contributed by atoms with Crippen LogP contribution >= 0.6 is 0 Å². The van der Waals surface area contributed by atoms with Gasteiger partial charge in [-0.1, -0.05) is 30.3 Å². The van der Waals surface area contributed by atoms with E-state index in [1.807, 2.05) is 77.1 Å². The second-order valence-corrected chi connectivity index (χ2v) is 7.63. The summed E-state index contributed by atoms with van der Waals surface area (Å²) in [5.74, 6) is 1.63. The molecule has 0 saturated heterocycles. The second kappa shape index (κ2) is 9.13. The number of carboxylic acids is 1. The zero-order valence-electron chi connectivity index (χ0n) is 18.8. The van der Waals surface area contributed by atoms with Crippen LogP contribution in [0.15, 0.2) is 42.5 Å². The lowest BCUT2D eigenvalue weighted by Crippen LogP contribution is -2.08. The third kappa shape index (κ3) is 4.50. The van der Waals surface area contributed by atoms with Gasteiger partial charge in [0.1, 0.15) is 29.6 Å². The highest BCUT2D eigenvalue weighted by atomic mass is 16.5. The normalized spacial score (nSPS) is 10.6. The van der Waals surface area contributed by atoms with E-state index in [9.17, 15) is 9.90 Å². The highest BCUT2D eigenvalue weighted by Gasteiger charge is 2.21. The monoisotopic (exact) mass is 420 g/mol. The zero-order valence-corrected chi connectivity index (χ0v) is 18.8. The highest BCUT2D eigenvalue weighted by Crippen LogP contribution is 2.40. The SMILES string of the molecule is COc1cc(OCc2ccccc2)cc(Oc2c(C)c(C)c(C(=O)O)c(C)c2C)c1C. The van der Waals surface area contributed by atoms with Crippen LogP contribution in [0.2, 0.25) is 0 Å². The Bertz CT molecular complexity index is 1090. The maximum Gasteiger partial charge on any atom is 0.336 e. The molecule has 5 nitrogen and oxygen atoms in total. The Hall–Kier alpha value is -3.47. The van der Waals surface area contributed by atoms with E-state index < -0.39 is 5.97 Å². The predicted octanol–water partition coefficient (Wildman–Crippen LogP) is 6.31. The molecular weight excluding hydrogens is 392 g/mol. The van der Waals surface area contributed by atoms with E-state index in [0.29, 0.717) is 46.3 Å². The van der Waals surface area contributed by atoms with Crippen molar-refractivity contribution in [2.24, 2.45) is 0 Å². The first-order valence-electron chi connectivity index (χ1n) is 10.1. The van der Waals surface area contributed by atoms with Crippen LogP contribution in [0.5, 0.6) is 23.0 Å². The molecule has 0 spiro atoms. The van der Waals surface area contributed by atoms with Crippen LogP contribution < -0.4 is 14.2 Å². The molecule has 0 radical (unpaired) electrons. The predicted molar refractivity (Wildman–Crippen MR) is 121 cm³/mol. The molecule has 0 aromatic heterocycles. The number of hydrogen-bond acceptors (Lipinski definition) is 4. The lowest BCUT2D eigenvalue weighted by Gasteiger charge is -2.21. The van der Waals surface area contributed by atoms with Gasteiger partial charge in [-0.15, -0.1) is 0 Å². The zero-order chi connectivity index (χ0) is 22.7. The molecule has 0 atom stereocenters. The maximum absolute atomic E-state index is 11.7. The van der Waals surface area contributed by atoms with E-state index in [1.54, 1.807) is 7.11 Å². The minimum absolute atomic E-state index is 0.330. The lowest BCUT2D eigenvalue weighted by atomic mass is 9.93. The second-order valence-electron chi connectivity index (χ2n) is 7.63. The molecule has 162 valence electrons. The van der Waals surface area contributed by atoms with Gasteiger partial charge in [-0.05, 0) is 62.4 Å². The van der Waals surface area contributed by atoms with Crippen molar-refractivity contribution < 1.29 is 24.1 Å². The topological polar surface area (TPSA) is 65.0 Å². The van der Waals surface area contributed by atoms with Gasteiger partial charge in [-0.2, -0.15) is 0 Å². The van der Waals surface area contributed by atoms with Crippen molar-refractivity contribution in [2.75, 3.05) is 7.11 Å². The Labute approximate surface area is 183 Å². The Morgan fingerprint density at radius 2 is 1.42 bits per heavy atom. The van der Waals surface area contributed by atoms with Gasteiger partial charge in [0.25, 0.3) is 0 Å². The van der Waals surface area contributed by atoms with E-state index >= 15 is 0 Å². The van der Waals surface area contributed by atoms with Crippen LogP contribution in [0.3, 0.4) is 0 Å². The molecular formula is C26H28O5. The van der Waals surface area contributed by atoms with Gasteiger partial charge in [0, 0.05) is 17.7 Å². The maximum atomic E-state index is 11.7. The number of methoxy groups -OCH3 is 1. The third-order valence-electron chi connectivity index (χ3n) is 5.74. The summed E-state index contributed by atoms with van der Waals surface area (Å²) >= 11 is 0. The molecule has 1 N–H and O–H groups in total. The standard InChI is InChI=1S/C26H28O5/c1-15-17(3)25(18(4)16(2)24(15)26(27)28)31-23-13-21(12-22(29-6)19(23)5)30-14-20-10-8-7-9-11-20/h7-13H,14H2,1-6H3,(H,27,28). The summed E-state index contributed by atoms with van der Waals surface area (Å²) < 4.78 is 17.9. The van der Waals surface area contributed by atoms with Gasteiger partial charge in [-0.25, -0.2) is 4.79 Å². The van der Waals surface area contributed by atoms with Crippen molar-refractivity contribution in [3.8, 4) is 23.0 Å². The minimum atomic E-state index is -0.929. The summed E-state index contributed by atoms with van der Waals surface area (Å²) in [6.45, 7) is 9.73. The summed E-state index contributed by atoms with van der Waals surface area (Å²) in [6.07, 6.45) is 0. The Morgan fingerprint density at radius 3 is 1.97 bits per heavy atom. The number of carbonyl (C=O) groups is 1. The molecule has 3 aromatic rings. The highest BCUT2D eigenvalue weighted by molar-refractivity contribution is 5.92. The van der Waals surface area contributed by atoms with Crippen LogP contribution in [0.1, 0.15) is 43.7 Å². The lowest BCUT2D eigenvalue weighted by molar-refractivity contribution is 0.0695. The molecule has 0 amide bonds. The Kier molecular flexibility index (Phi) is 6.54. The molecule has 3 rings (SSSR count). The van der Waals surface area contributed by atoms with Crippen molar-refractivity contribution >= 4 is 5.97 Å². The van der Waals surface area contributed by atoms with E-state index in [2.05, 4.69) is 0 Å². The number of hydrogen-bond donors (Lipinski definition) is 1. The fourth-order valence-electron chi connectivity index (χ4n) is 3.64. The summed E-state index contributed by atoms with van der Waals surface area (Å²) in [7, 11) is 1.61. The minimum Gasteiger partial charge on any atom is -0.496 e. The molecule has 0 aliphatic heterocycles. The average molecular weight is 421 g/mol. The van der Waals surface area contributed by atoms with Crippen molar-refractivity contribution in [3.05, 3.63) is 81.4 Å². The van der Waals surface area contributed by atoms with Crippen LogP contribution in [0, 0.1) is 34.6 Å². The van der Waals surface area contributed by atoms with Crippen LogP contribution in [-0.4, -0.2) is 18.2 Å². The molecule has 0 aliphatic carbocycles. The number of aromatic carboxylic acids is 1. The molecule has 0 bridgehead atoms. The molecule has 0 aliphatic rings. The van der Waals surface area contributed by atoms with Gasteiger partial charge < -0.3 is 19.3 Å².